The molecule has 0 spiro atoms. The summed E-state index contributed by atoms with van der Waals surface area (Å²) >= 11 is 0. The standard InChI is InChI=1S/C14H20F3NO2S/c1-10(7-8-21(2)20)18-9-13(19)11-3-5-12(6-4-11)14(15,16)17/h3-6,10,13,18-19H,7-9H2,1-2H3. The van der Waals surface area contributed by atoms with E-state index < -0.39 is 28.6 Å². The van der Waals surface area contributed by atoms with Crippen molar-refractivity contribution in [3.8, 4) is 0 Å². The summed E-state index contributed by atoms with van der Waals surface area (Å²) < 4.78 is 48.2. The Balaban J connectivity index is 2.48. The lowest BCUT2D eigenvalue weighted by atomic mass is 10.1. The van der Waals surface area contributed by atoms with E-state index in [1.54, 1.807) is 6.26 Å². The molecule has 0 amide bonds. The van der Waals surface area contributed by atoms with Gasteiger partial charge in [-0.3, -0.25) is 4.21 Å². The molecule has 0 aliphatic rings. The minimum absolute atomic E-state index is 0.0815. The molecule has 1 rings (SSSR count). The first-order valence-corrected chi connectivity index (χ1v) is 8.31. The van der Waals surface area contributed by atoms with E-state index in [0.29, 0.717) is 17.7 Å². The van der Waals surface area contributed by atoms with Crippen LogP contribution in [0.15, 0.2) is 24.3 Å². The maximum atomic E-state index is 12.4. The quantitative estimate of drug-likeness (QED) is 0.810. The maximum absolute atomic E-state index is 12.4. The Bertz CT molecular complexity index is 462. The lowest BCUT2D eigenvalue weighted by Gasteiger charge is -2.17. The van der Waals surface area contributed by atoms with Gasteiger partial charge in [0, 0.05) is 35.4 Å². The molecule has 0 saturated carbocycles. The van der Waals surface area contributed by atoms with Gasteiger partial charge in [0.05, 0.1) is 11.7 Å². The van der Waals surface area contributed by atoms with Gasteiger partial charge in [-0.05, 0) is 31.0 Å². The zero-order valence-electron chi connectivity index (χ0n) is 12.0. The topological polar surface area (TPSA) is 49.3 Å². The zero-order chi connectivity index (χ0) is 16.0. The molecule has 7 heteroatoms. The molecule has 3 atom stereocenters. The second-order valence-electron chi connectivity index (χ2n) is 5.01. The molecular weight excluding hydrogens is 303 g/mol. The third kappa shape index (κ3) is 6.58. The third-order valence-electron chi connectivity index (χ3n) is 3.12. The smallest absolute Gasteiger partial charge is 0.387 e. The highest BCUT2D eigenvalue weighted by Crippen LogP contribution is 2.29. The molecule has 0 saturated heterocycles. The first-order valence-electron chi connectivity index (χ1n) is 6.58. The van der Waals surface area contributed by atoms with Crippen LogP contribution in [0.2, 0.25) is 0 Å². The molecule has 0 aromatic heterocycles. The summed E-state index contributed by atoms with van der Waals surface area (Å²) in [6, 6.07) is 4.56. The summed E-state index contributed by atoms with van der Waals surface area (Å²) in [5.74, 6) is 0.574. The van der Waals surface area contributed by atoms with Crippen LogP contribution >= 0.6 is 0 Å². The molecule has 0 radical (unpaired) electrons. The van der Waals surface area contributed by atoms with E-state index in [0.717, 1.165) is 12.1 Å². The monoisotopic (exact) mass is 323 g/mol. The summed E-state index contributed by atoms with van der Waals surface area (Å²) in [5, 5.41) is 13.0. The summed E-state index contributed by atoms with van der Waals surface area (Å²) in [6.45, 7) is 2.15. The fourth-order valence-electron chi connectivity index (χ4n) is 1.77. The van der Waals surface area contributed by atoms with E-state index in [1.807, 2.05) is 6.92 Å². The van der Waals surface area contributed by atoms with Gasteiger partial charge in [0.15, 0.2) is 0 Å². The number of rotatable bonds is 7. The van der Waals surface area contributed by atoms with Crippen molar-refractivity contribution in [1.29, 1.82) is 0 Å². The van der Waals surface area contributed by atoms with Gasteiger partial charge in [0.25, 0.3) is 0 Å². The van der Waals surface area contributed by atoms with E-state index >= 15 is 0 Å². The molecule has 3 unspecified atom stereocenters. The molecule has 1 aromatic rings. The lowest BCUT2D eigenvalue weighted by Crippen LogP contribution is -2.31. The Hall–Kier alpha value is -0.920. The molecule has 120 valence electrons. The highest BCUT2D eigenvalue weighted by atomic mass is 32.2. The molecule has 0 aliphatic carbocycles. The molecule has 0 heterocycles. The van der Waals surface area contributed by atoms with Gasteiger partial charge in [-0.2, -0.15) is 13.2 Å². The number of aliphatic hydroxyl groups is 1. The second kappa shape index (κ2) is 7.91. The van der Waals surface area contributed by atoms with Crippen LogP contribution in [0.4, 0.5) is 13.2 Å². The Morgan fingerprint density at radius 3 is 2.33 bits per heavy atom. The largest absolute Gasteiger partial charge is 0.416 e. The number of aliphatic hydroxyl groups excluding tert-OH is 1. The van der Waals surface area contributed by atoms with Gasteiger partial charge in [0.1, 0.15) is 0 Å². The normalized spacial score (nSPS) is 16.5. The number of hydrogen-bond donors (Lipinski definition) is 2. The van der Waals surface area contributed by atoms with Crippen molar-refractivity contribution in [2.45, 2.75) is 31.7 Å². The van der Waals surface area contributed by atoms with Gasteiger partial charge in [-0.25, -0.2) is 0 Å². The van der Waals surface area contributed by atoms with Crippen LogP contribution < -0.4 is 5.32 Å². The summed E-state index contributed by atoms with van der Waals surface area (Å²) in [7, 11) is -0.857. The molecule has 0 fully saturated rings. The predicted molar refractivity (Wildman–Crippen MR) is 77.4 cm³/mol. The van der Waals surface area contributed by atoms with Crippen LogP contribution in [0.25, 0.3) is 0 Å². The van der Waals surface area contributed by atoms with Gasteiger partial charge in [-0.15, -0.1) is 0 Å². The van der Waals surface area contributed by atoms with Crippen molar-refractivity contribution >= 4 is 10.8 Å². The van der Waals surface area contributed by atoms with Crippen molar-refractivity contribution in [3.63, 3.8) is 0 Å². The van der Waals surface area contributed by atoms with Crippen molar-refractivity contribution in [3.05, 3.63) is 35.4 Å². The van der Waals surface area contributed by atoms with Crippen molar-refractivity contribution in [2.75, 3.05) is 18.6 Å². The molecule has 0 bridgehead atoms. The second-order valence-corrected chi connectivity index (χ2v) is 6.57. The molecule has 3 nitrogen and oxygen atoms in total. The van der Waals surface area contributed by atoms with Gasteiger partial charge in [0.2, 0.25) is 0 Å². The Kier molecular flexibility index (Phi) is 6.83. The average Bonchev–Trinajstić information content (AvgIpc) is 2.41. The van der Waals surface area contributed by atoms with Crippen molar-refractivity contribution < 1.29 is 22.5 Å². The minimum Gasteiger partial charge on any atom is -0.387 e. The highest BCUT2D eigenvalue weighted by molar-refractivity contribution is 7.84. The Labute approximate surface area is 125 Å². The van der Waals surface area contributed by atoms with Gasteiger partial charge in [-0.1, -0.05) is 12.1 Å². The minimum atomic E-state index is -4.37. The van der Waals surface area contributed by atoms with Gasteiger partial charge < -0.3 is 10.4 Å². The number of nitrogens with one attached hydrogen (secondary N) is 1. The number of halogens is 3. The maximum Gasteiger partial charge on any atom is 0.416 e. The van der Waals surface area contributed by atoms with E-state index in [-0.39, 0.29) is 12.6 Å². The first-order chi connectivity index (χ1) is 9.70. The number of benzene rings is 1. The number of alkyl halides is 3. The molecule has 0 aliphatic heterocycles. The predicted octanol–water partition coefficient (Wildman–Crippen LogP) is 2.49. The van der Waals surface area contributed by atoms with Crippen LogP contribution in [0.3, 0.4) is 0 Å². The van der Waals surface area contributed by atoms with Crippen molar-refractivity contribution in [1.82, 2.24) is 5.32 Å². The van der Waals surface area contributed by atoms with Crippen molar-refractivity contribution in [2.24, 2.45) is 0 Å². The fourth-order valence-corrected chi connectivity index (χ4v) is 2.46. The van der Waals surface area contributed by atoms with Crippen LogP contribution in [0.1, 0.15) is 30.6 Å². The summed E-state index contributed by atoms with van der Waals surface area (Å²) in [4.78, 5) is 0. The highest BCUT2D eigenvalue weighted by Gasteiger charge is 2.30. The Morgan fingerprint density at radius 2 is 1.86 bits per heavy atom. The van der Waals surface area contributed by atoms with E-state index in [2.05, 4.69) is 5.32 Å². The average molecular weight is 323 g/mol. The number of hydrogen-bond acceptors (Lipinski definition) is 3. The third-order valence-corrected chi connectivity index (χ3v) is 3.93. The van der Waals surface area contributed by atoms with Crippen LogP contribution in [-0.2, 0) is 17.0 Å². The lowest BCUT2D eigenvalue weighted by molar-refractivity contribution is -0.137. The summed E-state index contributed by atoms with van der Waals surface area (Å²) in [6.07, 6.45) is -2.90. The van der Waals surface area contributed by atoms with Gasteiger partial charge >= 0.3 is 6.18 Å². The van der Waals surface area contributed by atoms with E-state index in [1.165, 1.54) is 12.1 Å². The molecule has 2 N–H and O–H groups in total. The molecule has 21 heavy (non-hydrogen) atoms. The van der Waals surface area contributed by atoms with E-state index in [9.17, 15) is 22.5 Å². The Morgan fingerprint density at radius 1 is 1.29 bits per heavy atom. The van der Waals surface area contributed by atoms with Crippen LogP contribution in [0, 0.1) is 0 Å². The first kappa shape index (κ1) is 18.1. The van der Waals surface area contributed by atoms with Crippen LogP contribution in [-0.4, -0.2) is 33.9 Å². The molecule has 1 aromatic carbocycles. The van der Waals surface area contributed by atoms with Crippen LogP contribution in [0.5, 0.6) is 0 Å². The SMILES string of the molecule is CC(CCS(C)=O)NCC(O)c1ccc(C(F)(F)F)cc1. The zero-order valence-corrected chi connectivity index (χ0v) is 12.8. The van der Waals surface area contributed by atoms with E-state index in [4.69, 9.17) is 0 Å². The summed E-state index contributed by atoms with van der Waals surface area (Å²) in [5.41, 5.74) is -0.299. The fraction of sp³-hybridized carbons (Fsp3) is 0.571. The molecular formula is C14H20F3NO2S.